The number of carbonyl (C=O) groups excluding carboxylic acids is 1. The molecule has 0 aliphatic rings. The number of aromatic nitrogens is 2. The molecule has 0 atom stereocenters. The van der Waals surface area contributed by atoms with Gasteiger partial charge in [0.25, 0.3) is 0 Å². The summed E-state index contributed by atoms with van der Waals surface area (Å²) in [5.41, 5.74) is 4.36. The van der Waals surface area contributed by atoms with Gasteiger partial charge in [-0.15, -0.1) is 0 Å². The first-order valence-corrected chi connectivity index (χ1v) is 7.86. The van der Waals surface area contributed by atoms with Gasteiger partial charge in [0.15, 0.2) is 0 Å². The lowest BCUT2D eigenvalue weighted by Gasteiger charge is -2.06. The summed E-state index contributed by atoms with van der Waals surface area (Å²) in [6, 6.07) is 16.1. The summed E-state index contributed by atoms with van der Waals surface area (Å²) in [5, 5.41) is 2.97. The van der Waals surface area contributed by atoms with E-state index < -0.39 is 0 Å². The van der Waals surface area contributed by atoms with E-state index in [2.05, 4.69) is 20.9 Å². The van der Waals surface area contributed by atoms with Crippen molar-refractivity contribution in [2.24, 2.45) is 7.05 Å². The fourth-order valence-electron chi connectivity index (χ4n) is 2.69. The second-order valence-corrected chi connectivity index (χ2v) is 5.84. The third kappa shape index (κ3) is 3.59. The Morgan fingerprint density at radius 3 is 2.61 bits per heavy atom. The zero-order valence-electron chi connectivity index (χ0n) is 13.5. The zero-order chi connectivity index (χ0) is 16.2. The molecule has 1 heterocycles. The normalized spacial score (nSPS) is 10.9. The Morgan fingerprint density at radius 2 is 1.87 bits per heavy atom. The van der Waals surface area contributed by atoms with Crippen molar-refractivity contribution in [1.29, 1.82) is 0 Å². The van der Waals surface area contributed by atoms with Crippen LogP contribution in [0.2, 0.25) is 0 Å². The van der Waals surface area contributed by atoms with E-state index in [1.54, 1.807) is 0 Å². The van der Waals surface area contributed by atoms with E-state index in [4.69, 9.17) is 0 Å². The van der Waals surface area contributed by atoms with Crippen LogP contribution in [-0.4, -0.2) is 22.0 Å². The quantitative estimate of drug-likeness (QED) is 0.788. The molecule has 0 radical (unpaired) electrons. The summed E-state index contributed by atoms with van der Waals surface area (Å²) in [6.45, 7) is 2.64. The number of hydrogen-bond donors (Lipinski definition) is 1. The van der Waals surface area contributed by atoms with E-state index in [1.165, 1.54) is 5.56 Å². The van der Waals surface area contributed by atoms with Crippen LogP contribution in [-0.2, 0) is 24.7 Å². The van der Waals surface area contributed by atoms with Crippen LogP contribution in [0.3, 0.4) is 0 Å². The highest BCUT2D eigenvalue weighted by molar-refractivity contribution is 5.78. The Bertz CT molecular complexity index is 818. The van der Waals surface area contributed by atoms with Gasteiger partial charge in [0.05, 0.1) is 17.5 Å². The number of nitrogens with zero attached hydrogens (tertiary/aromatic N) is 2. The molecule has 4 heteroatoms. The van der Waals surface area contributed by atoms with Crippen LogP contribution in [0.4, 0.5) is 0 Å². The standard InChI is InChI=1S/C19H21N3O/c1-14-7-9-15(10-8-14)13-19(23)20-12-11-18-21-16-5-3-4-6-17(16)22(18)2/h3-10H,11-13H2,1-2H3,(H,20,23). The van der Waals surface area contributed by atoms with E-state index in [0.717, 1.165) is 28.8 Å². The Hall–Kier alpha value is -2.62. The molecule has 0 aliphatic heterocycles. The van der Waals surface area contributed by atoms with Gasteiger partial charge in [-0.25, -0.2) is 4.98 Å². The maximum absolute atomic E-state index is 12.0. The molecule has 0 bridgehead atoms. The van der Waals surface area contributed by atoms with Gasteiger partial charge in [-0.2, -0.15) is 0 Å². The van der Waals surface area contributed by atoms with Gasteiger partial charge in [-0.3, -0.25) is 4.79 Å². The maximum Gasteiger partial charge on any atom is 0.224 e. The molecule has 1 amide bonds. The average molecular weight is 307 g/mol. The topological polar surface area (TPSA) is 46.9 Å². The smallest absolute Gasteiger partial charge is 0.224 e. The van der Waals surface area contributed by atoms with Crippen LogP contribution in [0.5, 0.6) is 0 Å². The highest BCUT2D eigenvalue weighted by Crippen LogP contribution is 2.14. The second kappa shape index (κ2) is 6.65. The Kier molecular flexibility index (Phi) is 4.42. The van der Waals surface area contributed by atoms with Crippen molar-refractivity contribution in [3.8, 4) is 0 Å². The zero-order valence-corrected chi connectivity index (χ0v) is 13.5. The number of carbonyl (C=O) groups is 1. The molecular formula is C19H21N3O. The number of fused-ring (bicyclic) bond motifs is 1. The molecule has 0 aliphatic carbocycles. The fraction of sp³-hybridized carbons (Fsp3) is 0.263. The van der Waals surface area contributed by atoms with Crippen molar-refractivity contribution < 1.29 is 4.79 Å². The van der Waals surface area contributed by atoms with Crippen LogP contribution in [0.1, 0.15) is 17.0 Å². The minimum absolute atomic E-state index is 0.0487. The van der Waals surface area contributed by atoms with Crippen molar-refractivity contribution in [1.82, 2.24) is 14.9 Å². The van der Waals surface area contributed by atoms with Crippen LogP contribution < -0.4 is 5.32 Å². The molecule has 0 fully saturated rings. The number of amides is 1. The summed E-state index contributed by atoms with van der Waals surface area (Å²) >= 11 is 0. The number of benzene rings is 2. The number of nitrogens with one attached hydrogen (secondary N) is 1. The summed E-state index contributed by atoms with van der Waals surface area (Å²) in [5.74, 6) is 1.04. The minimum atomic E-state index is 0.0487. The van der Waals surface area contributed by atoms with Gasteiger partial charge in [0, 0.05) is 20.0 Å². The Morgan fingerprint density at radius 1 is 1.13 bits per heavy atom. The summed E-state index contributed by atoms with van der Waals surface area (Å²) in [4.78, 5) is 16.6. The molecular weight excluding hydrogens is 286 g/mol. The van der Waals surface area contributed by atoms with Gasteiger partial charge < -0.3 is 9.88 Å². The van der Waals surface area contributed by atoms with Crippen molar-refractivity contribution in [3.05, 3.63) is 65.5 Å². The van der Waals surface area contributed by atoms with E-state index >= 15 is 0 Å². The SMILES string of the molecule is Cc1ccc(CC(=O)NCCc2nc3ccccc3n2C)cc1. The van der Waals surface area contributed by atoms with E-state index in [1.807, 2.05) is 56.4 Å². The largest absolute Gasteiger partial charge is 0.355 e. The third-order valence-electron chi connectivity index (χ3n) is 4.04. The Labute approximate surface area is 136 Å². The average Bonchev–Trinajstić information content (AvgIpc) is 2.86. The van der Waals surface area contributed by atoms with Crippen LogP contribution in [0.15, 0.2) is 48.5 Å². The van der Waals surface area contributed by atoms with Crippen LogP contribution >= 0.6 is 0 Å². The first kappa shape index (κ1) is 15.3. The number of para-hydroxylation sites is 2. The third-order valence-corrected chi connectivity index (χ3v) is 4.04. The van der Waals surface area contributed by atoms with Crippen molar-refractivity contribution in [2.45, 2.75) is 19.8 Å². The van der Waals surface area contributed by atoms with Crippen molar-refractivity contribution >= 4 is 16.9 Å². The predicted octanol–water partition coefficient (Wildman–Crippen LogP) is 2.78. The number of hydrogen-bond acceptors (Lipinski definition) is 2. The molecule has 0 unspecified atom stereocenters. The summed E-state index contributed by atoms with van der Waals surface area (Å²) in [6.07, 6.45) is 1.15. The Balaban J connectivity index is 1.55. The summed E-state index contributed by atoms with van der Waals surface area (Å²) < 4.78 is 2.08. The molecule has 1 N–H and O–H groups in total. The van der Waals surface area contributed by atoms with Gasteiger partial charge in [-0.1, -0.05) is 42.0 Å². The van der Waals surface area contributed by atoms with E-state index in [0.29, 0.717) is 13.0 Å². The molecule has 1 aromatic heterocycles. The van der Waals surface area contributed by atoms with Gasteiger partial charge in [-0.05, 0) is 24.6 Å². The molecule has 3 rings (SSSR count). The molecule has 2 aromatic carbocycles. The summed E-state index contributed by atoms with van der Waals surface area (Å²) in [7, 11) is 2.01. The molecule has 23 heavy (non-hydrogen) atoms. The monoisotopic (exact) mass is 307 g/mol. The van der Waals surface area contributed by atoms with Gasteiger partial charge >= 0.3 is 0 Å². The molecule has 4 nitrogen and oxygen atoms in total. The highest BCUT2D eigenvalue weighted by atomic mass is 16.1. The van der Waals surface area contributed by atoms with Crippen LogP contribution in [0.25, 0.3) is 11.0 Å². The fourth-order valence-corrected chi connectivity index (χ4v) is 2.69. The van der Waals surface area contributed by atoms with Gasteiger partial charge in [0.2, 0.25) is 5.91 Å². The predicted molar refractivity (Wildman–Crippen MR) is 92.3 cm³/mol. The lowest BCUT2D eigenvalue weighted by atomic mass is 10.1. The lowest BCUT2D eigenvalue weighted by Crippen LogP contribution is -2.27. The second-order valence-electron chi connectivity index (χ2n) is 5.84. The molecule has 3 aromatic rings. The number of aryl methyl sites for hydroxylation is 2. The van der Waals surface area contributed by atoms with Crippen LogP contribution in [0, 0.1) is 6.92 Å². The van der Waals surface area contributed by atoms with Gasteiger partial charge in [0.1, 0.15) is 5.82 Å². The maximum atomic E-state index is 12.0. The number of imidazole rings is 1. The molecule has 0 saturated heterocycles. The van der Waals surface area contributed by atoms with E-state index in [9.17, 15) is 4.79 Å². The lowest BCUT2D eigenvalue weighted by molar-refractivity contribution is -0.120. The highest BCUT2D eigenvalue weighted by Gasteiger charge is 2.08. The number of rotatable bonds is 5. The van der Waals surface area contributed by atoms with E-state index in [-0.39, 0.29) is 5.91 Å². The first-order chi connectivity index (χ1) is 11.1. The van der Waals surface area contributed by atoms with Crippen molar-refractivity contribution in [3.63, 3.8) is 0 Å². The molecule has 0 spiro atoms. The molecule has 0 saturated carbocycles. The molecule has 118 valence electrons. The minimum Gasteiger partial charge on any atom is -0.355 e. The first-order valence-electron chi connectivity index (χ1n) is 7.86. The van der Waals surface area contributed by atoms with Crippen molar-refractivity contribution in [2.75, 3.05) is 6.54 Å².